The second-order valence-corrected chi connectivity index (χ2v) is 7.78. The smallest absolute Gasteiger partial charge is 0.656 e. The zero-order chi connectivity index (χ0) is 21.7. The predicted octanol–water partition coefficient (Wildman–Crippen LogP) is 7.28. The Hall–Kier alpha value is -2.68. The van der Waals surface area contributed by atoms with Crippen LogP contribution in [0.4, 0.5) is 0 Å². The molecule has 0 N–H and O–H groups in total. The van der Waals surface area contributed by atoms with Crippen LogP contribution in [0, 0.1) is 13.8 Å². The molecule has 161 valence electrons. The van der Waals surface area contributed by atoms with Crippen LogP contribution >= 0.6 is 0 Å². The van der Waals surface area contributed by atoms with Gasteiger partial charge in [-0.25, -0.2) is 0 Å². The van der Waals surface area contributed by atoms with E-state index in [9.17, 15) is 0 Å². The molecule has 2 nitrogen and oxygen atoms in total. The van der Waals surface area contributed by atoms with E-state index in [0.29, 0.717) is 6.04 Å². The number of fused-ring (bicyclic) bond motifs is 1. The Morgan fingerprint density at radius 3 is 1.75 bits per heavy atom. The van der Waals surface area contributed by atoms with Crippen LogP contribution < -0.4 is 4.98 Å². The van der Waals surface area contributed by atoms with Gasteiger partial charge in [-0.15, -0.1) is 35.5 Å². The summed E-state index contributed by atoms with van der Waals surface area (Å²) in [6.07, 6.45) is 8.49. The molecule has 1 aromatic heterocycles. The Bertz CT molecular complexity index is 962. The monoisotopic (exact) mass is 455 g/mol. The number of aliphatic imine (C=N–C) groups is 1. The average molecular weight is 455 g/mol. The van der Waals surface area contributed by atoms with E-state index in [0.717, 1.165) is 22.3 Å². The van der Waals surface area contributed by atoms with Crippen molar-refractivity contribution in [2.24, 2.45) is 4.99 Å². The molecule has 1 aliphatic rings. The number of para-hydroxylation sites is 1. The molecule has 1 fully saturated rings. The summed E-state index contributed by atoms with van der Waals surface area (Å²) in [7, 11) is 0. The Kier molecular flexibility index (Phi) is 11.5. The van der Waals surface area contributed by atoms with Crippen molar-refractivity contribution < 1.29 is 21.7 Å². The van der Waals surface area contributed by atoms with Gasteiger partial charge in [-0.1, -0.05) is 61.7 Å². The molecule has 0 amide bonds. The first-order valence-electron chi connectivity index (χ1n) is 11.0. The summed E-state index contributed by atoms with van der Waals surface area (Å²) in [6.45, 7) is 7.44. The van der Waals surface area contributed by atoms with Crippen LogP contribution in [-0.4, -0.2) is 12.3 Å². The first-order valence-corrected chi connectivity index (χ1v) is 11.0. The molecular formula is C29H31N2Ti. The van der Waals surface area contributed by atoms with Gasteiger partial charge in [0.05, 0.1) is 0 Å². The molecule has 1 aliphatic carbocycles. The molecule has 4 aromatic rings. The summed E-state index contributed by atoms with van der Waals surface area (Å²) in [6, 6.07) is 30.6. The molecule has 0 atom stereocenters. The largest absolute Gasteiger partial charge is 3.00 e. The van der Waals surface area contributed by atoms with Crippen molar-refractivity contribution in [1.82, 2.24) is 4.98 Å². The minimum absolute atomic E-state index is 0. The zero-order valence-electron chi connectivity index (χ0n) is 18.7. The first kappa shape index (κ1) is 25.6. The average Bonchev–Trinajstić information content (AvgIpc) is 3.23. The van der Waals surface area contributed by atoms with Crippen LogP contribution in [0.1, 0.15) is 48.9 Å². The van der Waals surface area contributed by atoms with Gasteiger partial charge in [0.2, 0.25) is 0 Å². The van der Waals surface area contributed by atoms with Crippen molar-refractivity contribution in [3.05, 3.63) is 122 Å². The third-order valence-corrected chi connectivity index (χ3v) is 5.17. The normalized spacial score (nSPS) is 13.4. The second kappa shape index (κ2) is 14.4. The van der Waals surface area contributed by atoms with Crippen LogP contribution in [0.3, 0.4) is 0 Å². The van der Waals surface area contributed by atoms with Gasteiger partial charge in [-0.2, -0.15) is 49.2 Å². The number of hydrogen-bond donors (Lipinski definition) is 0. The summed E-state index contributed by atoms with van der Waals surface area (Å²) in [5.74, 6) is 0. The Labute approximate surface area is 208 Å². The third kappa shape index (κ3) is 9.22. The van der Waals surface area contributed by atoms with Gasteiger partial charge >= 0.3 is 21.7 Å². The number of nitrogens with zero attached hydrogens (tertiary/aromatic N) is 2. The van der Waals surface area contributed by atoms with Crippen LogP contribution in [0.15, 0.2) is 96.0 Å². The van der Waals surface area contributed by atoms with Gasteiger partial charge in [0.25, 0.3) is 0 Å². The Morgan fingerprint density at radius 2 is 1.25 bits per heavy atom. The SMILES string of the molecule is C(=NC1CCCCC1)c1cc2ccccc2[n-]1.[CH2-]c1ccccc1.[CH2-]c1ccccc1.[Ti+3]. The topological polar surface area (TPSA) is 26.5 Å². The fraction of sp³-hybridized carbons (Fsp3) is 0.207. The van der Waals surface area contributed by atoms with Crippen LogP contribution in [0.5, 0.6) is 0 Å². The van der Waals surface area contributed by atoms with Crippen molar-refractivity contribution in [3.63, 3.8) is 0 Å². The van der Waals surface area contributed by atoms with Crippen molar-refractivity contribution in [2.45, 2.75) is 38.1 Å². The quantitative estimate of drug-likeness (QED) is 0.177. The summed E-state index contributed by atoms with van der Waals surface area (Å²) in [4.78, 5) is 9.21. The van der Waals surface area contributed by atoms with Crippen molar-refractivity contribution >= 4 is 17.1 Å². The molecule has 32 heavy (non-hydrogen) atoms. The van der Waals surface area contributed by atoms with Gasteiger partial charge in [-0.3, -0.25) is 4.99 Å². The van der Waals surface area contributed by atoms with E-state index in [1.165, 1.54) is 37.5 Å². The molecule has 1 radical (unpaired) electrons. The van der Waals surface area contributed by atoms with Crippen LogP contribution in [0.25, 0.3) is 10.9 Å². The summed E-state index contributed by atoms with van der Waals surface area (Å²) in [5, 5.41) is 1.21. The maximum atomic E-state index is 4.66. The van der Waals surface area contributed by atoms with Gasteiger partial charge < -0.3 is 4.98 Å². The molecule has 5 rings (SSSR count). The van der Waals surface area contributed by atoms with Crippen molar-refractivity contribution in [2.75, 3.05) is 0 Å². The van der Waals surface area contributed by atoms with E-state index in [4.69, 9.17) is 0 Å². The molecule has 0 spiro atoms. The fourth-order valence-corrected chi connectivity index (χ4v) is 3.48. The Morgan fingerprint density at radius 1 is 0.719 bits per heavy atom. The van der Waals surface area contributed by atoms with E-state index >= 15 is 0 Å². The minimum Gasteiger partial charge on any atom is -0.656 e. The summed E-state index contributed by atoms with van der Waals surface area (Å²) >= 11 is 0. The van der Waals surface area contributed by atoms with Crippen molar-refractivity contribution in [3.8, 4) is 0 Å². The molecular weight excluding hydrogens is 424 g/mol. The summed E-state index contributed by atoms with van der Waals surface area (Å²) < 4.78 is 0. The maximum Gasteiger partial charge on any atom is 3.00 e. The minimum atomic E-state index is 0. The van der Waals surface area contributed by atoms with Gasteiger partial charge in [0.1, 0.15) is 0 Å². The molecule has 3 heteroatoms. The number of benzene rings is 3. The van der Waals surface area contributed by atoms with E-state index in [2.05, 4.69) is 36.0 Å². The summed E-state index contributed by atoms with van der Waals surface area (Å²) in [5.41, 5.74) is 4.21. The molecule has 0 aliphatic heterocycles. The molecule has 0 unspecified atom stereocenters. The standard InChI is InChI=1S/C15H17N2.2C7H7.Ti/c1-2-7-13(8-3-1)16-11-14-10-12-6-4-5-9-15(12)17-14;2*1-7-5-3-2-4-6-7;/h4-6,9-11,13H,1-3,7-8H2;2*2-6H,1H2;/q3*-1;+3. The number of aromatic nitrogens is 1. The van der Waals surface area contributed by atoms with E-state index in [-0.39, 0.29) is 21.7 Å². The number of hydrogen-bond acceptors (Lipinski definition) is 1. The molecule has 3 aromatic carbocycles. The van der Waals surface area contributed by atoms with E-state index in [1.807, 2.05) is 85.1 Å². The second-order valence-electron chi connectivity index (χ2n) is 7.78. The van der Waals surface area contributed by atoms with Gasteiger partial charge in [0, 0.05) is 12.3 Å². The molecule has 0 bridgehead atoms. The molecule has 0 saturated heterocycles. The zero-order valence-corrected chi connectivity index (χ0v) is 20.2. The van der Waals surface area contributed by atoms with E-state index in [1.54, 1.807) is 0 Å². The molecule has 1 saturated carbocycles. The maximum absolute atomic E-state index is 4.66. The van der Waals surface area contributed by atoms with Crippen LogP contribution in [0.2, 0.25) is 0 Å². The fourth-order valence-electron chi connectivity index (χ4n) is 3.48. The van der Waals surface area contributed by atoms with Crippen LogP contribution in [-0.2, 0) is 21.7 Å². The van der Waals surface area contributed by atoms with Gasteiger partial charge in [0.15, 0.2) is 0 Å². The Balaban J connectivity index is 0.000000201. The van der Waals surface area contributed by atoms with E-state index < -0.39 is 0 Å². The predicted molar refractivity (Wildman–Crippen MR) is 134 cm³/mol. The molecule has 1 heterocycles. The first-order chi connectivity index (χ1) is 15.2. The third-order valence-electron chi connectivity index (χ3n) is 5.17. The number of rotatable bonds is 2. The van der Waals surface area contributed by atoms with Gasteiger partial charge in [-0.05, 0) is 18.2 Å². The van der Waals surface area contributed by atoms with Crippen molar-refractivity contribution in [1.29, 1.82) is 0 Å².